The van der Waals surface area contributed by atoms with Gasteiger partial charge >= 0.3 is 6.09 Å². The number of nitrogens with zero attached hydrogens (tertiary/aromatic N) is 1. The first-order valence-corrected chi connectivity index (χ1v) is 7.09. The minimum Gasteiger partial charge on any atom is -0.506 e. The molecule has 2 rings (SSSR count). The molecular formula is C16H21NO4. The average Bonchev–Trinajstić information content (AvgIpc) is 3.19. The molecule has 1 aliphatic carbocycles. The van der Waals surface area contributed by atoms with E-state index in [0.29, 0.717) is 5.69 Å². The van der Waals surface area contributed by atoms with Gasteiger partial charge in [0, 0.05) is 0 Å². The third-order valence-electron chi connectivity index (χ3n) is 3.27. The van der Waals surface area contributed by atoms with Gasteiger partial charge in [-0.05, 0) is 51.7 Å². The third-order valence-corrected chi connectivity index (χ3v) is 3.27. The molecule has 1 unspecified atom stereocenters. The maximum Gasteiger partial charge on any atom is 0.415 e. The SMILES string of the molecule is CC(C)(C)OC(=O)N(c1ccccc1O)C(C=O)C1CC1. The Morgan fingerprint density at radius 3 is 2.48 bits per heavy atom. The molecule has 21 heavy (non-hydrogen) atoms. The molecule has 0 heterocycles. The molecule has 0 spiro atoms. The van der Waals surface area contributed by atoms with Crippen molar-refractivity contribution in [3.63, 3.8) is 0 Å². The highest BCUT2D eigenvalue weighted by atomic mass is 16.6. The summed E-state index contributed by atoms with van der Waals surface area (Å²) in [5.74, 6) is 0.0884. The summed E-state index contributed by atoms with van der Waals surface area (Å²) in [5, 5.41) is 10.0. The van der Waals surface area contributed by atoms with Crippen LogP contribution in [0.5, 0.6) is 5.75 Å². The van der Waals surface area contributed by atoms with Gasteiger partial charge in [0.25, 0.3) is 0 Å². The van der Waals surface area contributed by atoms with Crippen molar-refractivity contribution in [1.29, 1.82) is 0 Å². The van der Waals surface area contributed by atoms with E-state index >= 15 is 0 Å². The minimum atomic E-state index is -0.670. The first-order valence-electron chi connectivity index (χ1n) is 7.09. The molecule has 5 nitrogen and oxygen atoms in total. The van der Waals surface area contributed by atoms with Gasteiger partial charge < -0.3 is 14.6 Å². The number of phenolic OH excluding ortho intramolecular Hbond substituents is 1. The fourth-order valence-corrected chi connectivity index (χ4v) is 2.18. The maximum atomic E-state index is 12.5. The number of carbonyl (C=O) groups excluding carboxylic acids is 2. The van der Waals surface area contributed by atoms with E-state index in [1.165, 1.54) is 11.0 Å². The van der Waals surface area contributed by atoms with Crippen LogP contribution in [0.1, 0.15) is 33.6 Å². The molecule has 0 aromatic heterocycles. The predicted octanol–water partition coefficient (Wildman–Crippen LogP) is 3.11. The van der Waals surface area contributed by atoms with Gasteiger partial charge in [0.15, 0.2) is 0 Å². The molecule has 1 fully saturated rings. The monoisotopic (exact) mass is 291 g/mol. The van der Waals surface area contributed by atoms with Gasteiger partial charge in [-0.25, -0.2) is 4.79 Å². The van der Waals surface area contributed by atoms with Crippen molar-refractivity contribution in [2.75, 3.05) is 4.90 Å². The number of ether oxygens (including phenoxy) is 1. The second-order valence-electron chi connectivity index (χ2n) is 6.30. The molecule has 1 aromatic carbocycles. The highest BCUT2D eigenvalue weighted by Gasteiger charge is 2.40. The number of carbonyl (C=O) groups is 2. The van der Waals surface area contributed by atoms with Crippen LogP contribution in [0.25, 0.3) is 0 Å². The Kier molecular flexibility index (Phi) is 4.21. The van der Waals surface area contributed by atoms with E-state index in [9.17, 15) is 14.7 Å². The van der Waals surface area contributed by atoms with E-state index in [1.807, 2.05) is 0 Å². The van der Waals surface area contributed by atoms with Gasteiger partial charge in [-0.2, -0.15) is 0 Å². The van der Waals surface area contributed by atoms with Crippen molar-refractivity contribution in [2.45, 2.75) is 45.3 Å². The molecule has 0 aliphatic heterocycles. The number of phenols is 1. The highest BCUT2D eigenvalue weighted by Crippen LogP contribution is 2.39. The third kappa shape index (κ3) is 3.74. The first-order chi connectivity index (χ1) is 9.83. The summed E-state index contributed by atoms with van der Waals surface area (Å²) in [6.45, 7) is 5.29. The lowest BCUT2D eigenvalue weighted by atomic mass is 10.1. The number of para-hydroxylation sites is 2. The van der Waals surface area contributed by atoms with Crippen LogP contribution in [-0.4, -0.2) is 29.1 Å². The summed E-state index contributed by atoms with van der Waals surface area (Å²) in [7, 11) is 0. The number of benzene rings is 1. The van der Waals surface area contributed by atoms with E-state index < -0.39 is 17.7 Å². The molecular weight excluding hydrogens is 270 g/mol. The molecule has 1 saturated carbocycles. The largest absolute Gasteiger partial charge is 0.506 e. The zero-order valence-corrected chi connectivity index (χ0v) is 12.6. The molecule has 1 amide bonds. The van der Waals surface area contributed by atoms with Crippen LogP contribution < -0.4 is 4.90 Å². The van der Waals surface area contributed by atoms with Crippen molar-refractivity contribution in [3.05, 3.63) is 24.3 Å². The molecule has 1 N–H and O–H groups in total. The van der Waals surface area contributed by atoms with Gasteiger partial charge in [0.2, 0.25) is 0 Å². The van der Waals surface area contributed by atoms with Gasteiger partial charge in [0.05, 0.1) is 11.7 Å². The molecule has 0 radical (unpaired) electrons. The van der Waals surface area contributed by atoms with Crippen molar-refractivity contribution in [3.8, 4) is 5.75 Å². The topological polar surface area (TPSA) is 66.8 Å². The second-order valence-corrected chi connectivity index (χ2v) is 6.30. The summed E-state index contributed by atoms with van der Waals surface area (Å²) >= 11 is 0. The molecule has 0 saturated heterocycles. The lowest BCUT2D eigenvalue weighted by molar-refractivity contribution is -0.109. The Labute approximate surface area is 124 Å². The van der Waals surface area contributed by atoms with Crippen LogP contribution in [0.2, 0.25) is 0 Å². The summed E-state index contributed by atoms with van der Waals surface area (Å²) in [4.78, 5) is 25.2. The Morgan fingerprint density at radius 2 is 2.00 bits per heavy atom. The molecule has 114 valence electrons. The predicted molar refractivity (Wildman–Crippen MR) is 79.4 cm³/mol. The summed E-state index contributed by atoms with van der Waals surface area (Å²) < 4.78 is 5.39. The number of rotatable bonds is 4. The molecule has 1 atom stereocenters. The lowest BCUT2D eigenvalue weighted by Gasteiger charge is -2.31. The molecule has 0 bridgehead atoms. The van der Waals surface area contributed by atoms with Crippen LogP contribution in [0, 0.1) is 5.92 Å². The summed E-state index contributed by atoms with van der Waals surface area (Å²) in [5.41, 5.74) is -0.368. The van der Waals surface area contributed by atoms with Crippen molar-refractivity contribution in [1.82, 2.24) is 0 Å². The molecule has 1 aromatic rings. The Hall–Kier alpha value is -2.04. The van der Waals surface area contributed by atoms with Crippen molar-refractivity contribution >= 4 is 18.1 Å². The Balaban J connectivity index is 2.36. The van der Waals surface area contributed by atoms with E-state index in [4.69, 9.17) is 4.74 Å². The standard InChI is InChI=1S/C16H21NO4/c1-16(2,3)21-15(20)17(13(10-18)11-8-9-11)12-6-4-5-7-14(12)19/h4-7,10-11,13,19H,8-9H2,1-3H3. The van der Waals surface area contributed by atoms with Crippen LogP contribution in [-0.2, 0) is 9.53 Å². The van der Waals surface area contributed by atoms with Crippen LogP contribution in [0.4, 0.5) is 10.5 Å². The average molecular weight is 291 g/mol. The molecule has 5 heteroatoms. The number of aldehydes is 1. The van der Waals surface area contributed by atoms with Gasteiger partial charge in [-0.15, -0.1) is 0 Å². The maximum absolute atomic E-state index is 12.5. The van der Waals surface area contributed by atoms with Crippen LogP contribution >= 0.6 is 0 Å². The van der Waals surface area contributed by atoms with E-state index in [2.05, 4.69) is 0 Å². The van der Waals surface area contributed by atoms with Gasteiger partial charge in [-0.1, -0.05) is 12.1 Å². The number of amides is 1. The second kappa shape index (κ2) is 5.76. The van der Waals surface area contributed by atoms with E-state index in [1.54, 1.807) is 39.0 Å². The number of hydrogen-bond donors (Lipinski definition) is 1. The van der Waals surface area contributed by atoms with Crippen molar-refractivity contribution < 1.29 is 19.4 Å². The summed E-state index contributed by atoms with van der Waals surface area (Å²) in [6, 6.07) is 5.87. The number of hydrogen-bond acceptors (Lipinski definition) is 4. The normalized spacial score (nSPS) is 16.1. The summed E-state index contributed by atoms with van der Waals surface area (Å²) in [6.07, 6.45) is 1.94. The minimum absolute atomic E-state index is 0.0455. The lowest BCUT2D eigenvalue weighted by Crippen LogP contribution is -2.45. The van der Waals surface area contributed by atoms with Gasteiger partial charge in [-0.3, -0.25) is 4.90 Å². The fourth-order valence-electron chi connectivity index (χ4n) is 2.18. The van der Waals surface area contributed by atoms with E-state index in [0.717, 1.165) is 19.1 Å². The number of anilines is 1. The van der Waals surface area contributed by atoms with E-state index in [-0.39, 0.29) is 11.7 Å². The Morgan fingerprint density at radius 1 is 1.38 bits per heavy atom. The fraction of sp³-hybridized carbons (Fsp3) is 0.500. The van der Waals surface area contributed by atoms with Gasteiger partial charge in [0.1, 0.15) is 17.6 Å². The first kappa shape index (κ1) is 15.4. The zero-order chi connectivity index (χ0) is 15.6. The number of aromatic hydroxyl groups is 1. The smallest absolute Gasteiger partial charge is 0.415 e. The van der Waals surface area contributed by atoms with Crippen LogP contribution in [0.15, 0.2) is 24.3 Å². The quantitative estimate of drug-likeness (QED) is 0.866. The zero-order valence-electron chi connectivity index (χ0n) is 12.6. The van der Waals surface area contributed by atoms with Crippen LogP contribution in [0.3, 0.4) is 0 Å². The van der Waals surface area contributed by atoms with Crippen molar-refractivity contribution in [2.24, 2.45) is 5.92 Å². The highest BCUT2D eigenvalue weighted by molar-refractivity contribution is 5.94. The Bertz CT molecular complexity index is 531. The molecule has 1 aliphatic rings.